The van der Waals surface area contributed by atoms with E-state index in [1.54, 1.807) is 6.33 Å². The first-order valence-corrected chi connectivity index (χ1v) is 10.9. The monoisotopic (exact) mass is 441 g/mol. The Balaban J connectivity index is 1.55. The predicted molar refractivity (Wildman–Crippen MR) is 121 cm³/mol. The van der Waals surface area contributed by atoms with Gasteiger partial charge in [0, 0.05) is 31.8 Å². The largest absolute Gasteiger partial charge is 0.396 e. The summed E-state index contributed by atoms with van der Waals surface area (Å²) in [7, 11) is 0. The van der Waals surface area contributed by atoms with Crippen LogP contribution in [0.25, 0.3) is 28.1 Å². The number of aliphatic hydroxyl groups is 1. The first-order valence-electron chi connectivity index (χ1n) is 10.9. The fourth-order valence-corrected chi connectivity index (χ4v) is 4.38. The summed E-state index contributed by atoms with van der Waals surface area (Å²) < 4.78 is 1.90. The van der Waals surface area contributed by atoms with E-state index in [4.69, 9.17) is 4.98 Å². The van der Waals surface area contributed by atoms with Crippen molar-refractivity contribution in [3.8, 4) is 23.1 Å². The Morgan fingerprint density at radius 2 is 2.15 bits per heavy atom. The molecule has 4 aromatic rings. The molecule has 1 amide bonds. The van der Waals surface area contributed by atoms with Gasteiger partial charge in [-0.25, -0.2) is 9.97 Å². The van der Waals surface area contributed by atoms with Crippen molar-refractivity contribution in [3.63, 3.8) is 0 Å². The Bertz CT molecular complexity index is 1400. The number of likely N-dealkylation sites (tertiary alicyclic amines) is 1. The number of hydrogen-bond donors (Lipinski definition) is 2. The number of carbonyl (C=O) groups is 1. The van der Waals surface area contributed by atoms with E-state index in [0.29, 0.717) is 36.5 Å². The molecule has 0 bridgehead atoms. The van der Waals surface area contributed by atoms with Gasteiger partial charge in [0.05, 0.1) is 22.3 Å². The van der Waals surface area contributed by atoms with Crippen LogP contribution in [0, 0.1) is 18.3 Å². The fourth-order valence-electron chi connectivity index (χ4n) is 4.38. The molecule has 0 radical (unpaired) electrons. The summed E-state index contributed by atoms with van der Waals surface area (Å²) in [6.45, 7) is 3.22. The molecule has 0 unspecified atom stereocenters. The van der Waals surface area contributed by atoms with Crippen LogP contribution in [0.3, 0.4) is 0 Å². The van der Waals surface area contributed by atoms with Crippen molar-refractivity contribution in [2.24, 2.45) is 0 Å². The summed E-state index contributed by atoms with van der Waals surface area (Å²) >= 11 is 0. The van der Waals surface area contributed by atoms with E-state index in [9.17, 15) is 15.2 Å². The van der Waals surface area contributed by atoms with Gasteiger partial charge in [-0.2, -0.15) is 10.4 Å². The summed E-state index contributed by atoms with van der Waals surface area (Å²) in [5.41, 5.74) is 5.87. The van der Waals surface area contributed by atoms with Gasteiger partial charge in [-0.1, -0.05) is 12.1 Å². The zero-order chi connectivity index (χ0) is 22.9. The number of aromatic nitrogens is 5. The zero-order valence-electron chi connectivity index (χ0n) is 18.2. The number of carbonyl (C=O) groups excluding carboxylic acids is 1. The molecule has 1 saturated heterocycles. The quantitative estimate of drug-likeness (QED) is 0.474. The molecule has 0 atom stereocenters. The lowest BCUT2D eigenvalue weighted by Crippen LogP contribution is -2.23. The first-order chi connectivity index (χ1) is 16.1. The fraction of sp³-hybridized carbons (Fsp3) is 0.292. The Kier molecular flexibility index (Phi) is 5.36. The number of nitrogens with one attached hydrogen (secondary N) is 1. The highest BCUT2D eigenvalue weighted by Crippen LogP contribution is 2.29. The van der Waals surface area contributed by atoms with Crippen LogP contribution in [-0.4, -0.2) is 53.8 Å². The lowest BCUT2D eigenvalue weighted by molar-refractivity contribution is -0.128. The Labute approximate surface area is 190 Å². The zero-order valence-corrected chi connectivity index (χ0v) is 18.2. The number of benzene rings is 1. The van der Waals surface area contributed by atoms with Crippen LogP contribution < -0.4 is 0 Å². The highest BCUT2D eigenvalue weighted by Gasteiger charge is 2.21. The molecule has 1 aliphatic rings. The number of rotatable bonds is 6. The smallest absolute Gasteiger partial charge is 0.222 e. The van der Waals surface area contributed by atoms with E-state index in [0.717, 1.165) is 40.8 Å². The van der Waals surface area contributed by atoms with E-state index in [2.05, 4.69) is 21.3 Å². The van der Waals surface area contributed by atoms with Crippen molar-refractivity contribution in [1.29, 1.82) is 5.26 Å². The average molecular weight is 441 g/mol. The molecule has 33 heavy (non-hydrogen) atoms. The van der Waals surface area contributed by atoms with Gasteiger partial charge in [0.15, 0.2) is 5.69 Å². The van der Waals surface area contributed by atoms with Gasteiger partial charge in [-0.15, -0.1) is 0 Å². The topological polar surface area (TPSA) is 124 Å². The molecule has 0 spiro atoms. The minimum Gasteiger partial charge on any atom is -0.396 e. The molecule has 5 rings (SSSR count). The number of aliphatic hydroxyl groups excluding tert-OH is 1. The van der Waals surface area contributed by atoms with E-state index in [-0.39, 0.29) is 18.2 Å². The highest BCUT2D eigenvalue weighted by atomic mass is 16.3. The maximum atomic E-state index is 12.0. The van der Waals surface area contributed by atoms with Gasteiger partial charge in [0.25, 0.3) is 0 Å². The summed E-state index contributed by atoms with van der Waals surface area (Å²) in [6.07, 6.45) is 3.68. The van der Waals surface area contributed by atoms with Crippen LogP contribution in [-0.2, 0) is 17.8 Å². The number of imidazole rings is 1. The van der Waals surface area contributed by atoms with E-state index >= 15 is 0 Å². The Morgan fingerprint density at radius 1 is 1.27 bits per heavy atom. The van der Waals surface area contributed by atoms with Gasteiger partial charge in [-0.3, -0.25) is 14.5 Å². The minimum absolute atomic E-state index is 0.0247. The van der Waals surface area contributed by atoms with Crippen molar-refractivity contribution in [3.05, 3.63) is 59.2 Å². The molecule has 1 fully saturated rings. The van der Waals surface area contributed by atoms with Crippen molar-refractivity contribution in [2.75, 3.05) is 13.2 Å². The second-order valence-corrected chi connectivity index (χ2v) is 8.19. The number of amides is 1. The third kappa shape index (κ3) is 3.75. The van der Waals surface area contributed by atoms with Gasteiger partial charge < -0.3 is 10.0 Å². The second-order valence-electron chi connectivity index (χ2n) is 8.19. The Morgan fingerprint density at radius 3 is 2.91 bits per heavy atom. The van der Waals surface area contributed by atoms with E-state index in [1.165, 1.54) is 0 Å². The number of fused-ring (bicyclic) bond motifs is 1. The van der Waals surface area contributed by atoms with Crippen molar-refractivity contribution >= 4 is 16.9 Å². The third-order valence-electron chi connectivity index (χ3n) is 6.04. The third-order valence-corrected chi connectivity index (χ3v) is 6.04. The van der Waals surface area contributed by atoms with Crippen LogP contribution in [0.5, 0.6) is 0 Å². The molecular formula is C24H23N7O2. The molecule has 1 aliphatic heterocycles. The van der Waals surface area contributed by atoms with Gasteiger partial charge >= 0.3 is 0 Å². The normalized spacial score (nSPS) is 13.7. The first kappa shape index (κ1) is 20.8. The number of aryl methyl sites for hydroxylation is 1. The number of nitriles is 1. The number of hydrogen-bond acceptors (Lipinski definition) is 6. The van der Waals surface area contributed by atoms with Gasteiger partial charge in [-0.05, 0) is 49.1 Å². The van der Waals surface area contributed by atoms with E-state index in [1.807, 2.05) is 46.7 Å². The summed E-state index contributed by atoms with van der Waals surface area (Å²) in [4.78, 5) is 23.3. The summed E-state index contributed by atoms with van der Waals surface area (Å²) in [5.74, 6) is 0.854. The van der Waals surface area contributed by atoms with E-state index < -0.39 is 0 Å². The molecule has 4 heterocycles. The van der Waals surface area contributed by atoms with Crippen LogP contribution >= 0.6 is 0 Å². The number of H-pyrrole nitrogens is 1. The van der Waals surface area contributed by atoms with Crippen molar-refractivity contribution in [2.45, 2.75) is 32.7 Å². The molecule has 166 valence electrons. The maximum absolute atomic E-state index is 12.0. The number of nitrogens with zero attached hydrogens (tertiary/aromatic N) is 6. The maximum Gasteiger partial charge on any atom is 0.222 e. The van der Waals surface area contributed by atoms with Crippen LogP contribution in [0.4, 0.5) is 0 Å². The average Bonchev–Trinajstić information content (AvgIpc) is 3.53. The molecule has 9 nitrogen and oxygen atoms in total. The van der Waals surface area contributed by atoms with Crippen molar-refractivity contribution in [1.82, 2.24) is 29.6 Å². The lowest BCUT2D eigenvalue weighted by Gasteiger charge is -2.15. The molecule has 1 aromatic carbocycles. The molecular weight excluding hydrogens is 418 g/mol. The molecule has 0 aliphatic carbocycles. The highest BCUT2D eigenvalue weighted by molar-refractivity contribution is 5.80. The molecule has 3 aromatic heterocycles. The minimum atomic E-state index is -0.0247. The van der Waals surface area contributed by atoms with Gasteiger partial charge in [0.2, 0.25) is 5.91 Å². The number of pyridine rings is 1. The predicted octanol–water partition coefficient (Wildman–Crippen LogP) is 2.65. The van der Waals surface area contributed by atoms with Crippen LogP contribution in [0.15, 0.2) is 36.7 Å². The number of aromatic amines is 1. The standard InChI is InChI=1S/C24H23N7O2/c1-15-23(19(12-25)29-28-15)24-17(8-10-32)5-7-21(27-24)31-14-26-18-11-16(4-6-20(18)31)13-30-9-2-3-22(30)33/h4-7,11,14,32H,2-3,8-10,13H2,1H3,(H,28,29). The van der Waals surface area contributed by atoms with Crippen molar-refractivity contribution < 1.29 is 9.90 Å². The van der Waals surface area contributed by atoms with Gasteiger partial charge in [0.1, 0.15) is 18.2 Å². The molecule has 0 saturated carbocycles. The second kappa shape index (κ2) is 8.48. The SMILES string of the molecule is Cc1[nH]nc(C#N)c1-c1nc(-n2cnc3cc(CN4CCCC4=O)ccc32)ccc1CCO. The summed E-state index contributed by atoms with van der Waals surface area (Å²) in [5, 5.41) is 26.0. The Hall–Kier alpha value is -4.03. The molecule has 9 heteroatoms. The summed E-state index contributed by atoms with van der Waals surface area (Å²) in [6, 6.07) is 11.9. The van der Waals surface area contributed by atoms with Crippen LogP contribution in [0.1, 0.15) is 35.4 Å². The van der Waals surface area contributed by atoms with Crippen LogP contribution in [0.2, 0.25) is 0 Å². The molecule has 2 N–H and O–H groups in total. The lowest BCUT2D eigenvalue weighted by atomic mass is 10.0.